The van der Waals surface area contributed by atoms with Crippen molar-refractivity contribution in [3.8, 4) is 5.75 Å². The van der Waals surface area contributed by atoms with Crippen LogP contribution in [0.1, 0.15) is 15.9 Å². The maximum Gasteiger partial charge on any atom is 0.335 e. The van der Waals surface area contributed by atoms with Crippen molar-refractivity contribution in [1.82, 2.24) is 4.72 Å². The molecule has 0 radical (unpaired) electrons. The monoisotopic (exact) mass is 353 g/mol. The van der Waals surface area contributed by atoms with Gasteiger partial charge >= 0.3 is 5.97 Å². The Bertz CT molecular complexity index is 834. The number of hydrogen-bond donors (Lipinski definition) is 2. The van der Waals surface area contributed by atoms with Crippen LogP contribution in [0.2, 0.25) is 0 Å². The van der Waals surface area contributed by atoms with Gasteiger partial charge in [-0.05, 0) is 42.3 Å². The van der Waals surface area contributed by atoms with Gasteiger partial charge in [-0.1, -0.05) is 12.1 Å². The number of halogens is 1. The molecule has 0 fully saturated rings. The zero-order valence-electron chi connectivity index (χ0n) is 12.8. The number of nitrogens with one attached hydrogen (secondary N) is 1. The fourth-order valence-electron chi connectivity index (χ4n) is 2.04. The van der Waals surface area contributed by atoms with Crippen LogP contribution >= 0.6 is 0 Å². The molecule has 2 N–H and O–H groups in total. The Kier molecular flexibility index (Phi) is 5.53. The highest BCUT2D eigenvalue weighted by molar-refractivity contribution is 7.89. The summed E-state index contributed by atoms with van der Waals surface area (Å²) in [6.07, 6.45) is 0.392. The van der Waals surface area contributed by atoms with Crippen LogP contribution in [0.15, 0.2) is 47.4 Å². The lowest BCUT2D eigenvalue weighted by Crippen LogP contribution is -2.27. The normalized spacial score (nSPS) is 11.2. The highest BCUT2D eigenvalue weighted by Gasteiger charge is 2.20. The predicted molar refractivity (Wildman–Crippen MR) is 85.2 cm³/mol. The standard InChI is InChI=1S/C16H16FNO5S/c1-23-13-5-2-11(3-6-13)8-9-18-24(21,22)15-10-12(16(19)20)4-7-14(15)17/h2-7,10,18H,8-9H2,1H3,(H,19,20). The van der Waals surface area contributed by atoms with Crippen LogP contribution in [0.3, 0.4) is 0 Å². The molecule has 0 bridgehead atoms. The second kappa shape index (κ2) is 7.41. The average molecular weight is 353 g/mol. The van der Waals surface area contributed by atoms with Gasteiger partial charge in [-0.15, -0.1) is 0 Å². The third kappa shape index (κ3) is 4.30. The summed E-state index contributed by atoms with van der Waals surface area (Å²) in [5.41, 5.74) is 0.574. The summed E-state index contributed by atoms with van der Waals surface area (Å²) in [4.78, 5) is 10.2. The number of sulfonamides is 1. The zero-order chi connectivity index (χ0) is 17.7. The fraction of sp³-hybridized carbons (Fsp3) is 0.188. The number of carboxylic acids is 1. The van der Waals surface area contributed by atoms with Crippen molar-refractivity contribution in [2.75, 3.05) is 13.7 Å². The minimum Gasteiger partial charge on any atom is -0.497 e. The van der Waals surface area contributed by atoms with E-state index >= 15 is 0 Å². The lowest BCUT2D eigenvalue weighted by molar-refractivity contribution is 0.0696. The van der Waals surface area contributed by atoms with E-state index in [1.807, 2.05) is 0 Å². The summed E-state index contributed by atoms with van der Waals surface area (Å²) in [5, 5.41) is 8.89. The first-order valence-corrected chi connectivity index (χ1v) is 8.47. The van der Waals surface area contributed by atoms with Gasteiger partial charge in [0.05, 0.1) is 12.7 Å². The summed E-state index contributed by atoms with van der Waals surface area (Å²) in [7, 11) is -2.60. The van der Waals surface area contributed by atoms with Gasteiger partial charge in [0, 0.05) is 6.54 Å². The third-order valence-electron chi connectivity index (χ3n) is 3.33. The van der Waals surface area contributed by atoms with Crippen LogP contribution in [-0.2, 0) is 16.4 Å². The molecule has 6 nitrogen and oxygen atoms in total. The summed E-state index contributed by atoms with van der Waals surface area (Å²) in [6, 6.07) is 9.71. The number of rotatable bonds is 7. The Hall–Kier alpha value is -2.45. The molecule has 0 amide bonds. The van der Waals surface area contributed by atoms with Gasteiger partial charge in [0.15, 0.2) is 0 Å². The van der Waals surface area contributed by atoms with Gasteiger partial charge in [0.2, 0.25) is 10.0 Å². The quantitative estimate of drug-likeness (QED) is 0.795. The van der Waals surface area contributed by atoms with Gasteiger partial charge in [0.25, 0.3) is 0 Å². The van der Waals surface area contributed by atoms with Crippen molar-refractivity contribution in [3.05, 3.63) is 59.4 Å². The number of methoxy groups -OCH3 is 1. The lowest BCUT2D eigenvalue weighted by Gasteiger charge is -2.09. The summed E-state index contributed by atoms with van der Waals surface area (Å²) < 4.78 is 45.3. The van der Waals surface area contributed by atoms with Crippen LogP contribution in [0.5, 0.6) is 5.75 Å². The highest BCUT2D eigenvalue weighted by atomic mass is 32.2. The number of benzene rings is 2. The molecule has 0 atom stereocenters. The zero-order valence-corrected chi connectivity index (χ0v) is 13.6. The van der Waals surface area contributed by atoms with Crippen molar-refractivity contribution in [2.45, 2.75) is 11.3 Å². The molecule has 0 heterocycles. The fourth-order valence-corrected chi connectivity index (χ4v) is 3.18. The SMILES string of the molecule is COc1ccc(CCNS(=O)(=O)c2cc(C(=O)O)ccc2F)cc1. The molecule has 0 aliphatic rings. The molecule has 2 aromatic carbocycles. The average Bonchev–Trinajstić information content (AvgIpc) is 2.55. The number of hydrogen-bond acceptors (Lipinski definition) is 4. The molecule has 0 aliphatic heterocycles. The summed E-state index contributed by atoms with van der Waals surface area (Å²) >= 11 is 0. The van der Waals surface area contributed by atoms with Crippen molar-refractivity contribution < 1.29 is 27.4 Å². The number of carboxylic acid groups (broad SMARTS) is 1. The molecule has 24 heavy (non-hydrogen) atoms. The van der Waals surface area contributed by atoms with Crippen LogP contribution in [0.25, 0.3) is 0 Å². The van der Waals surface area contributed by atoms with E-state index in [4.69, 9.17) is 9.84 Å². The second-order valence-electron chi connectivity index (χ2n) is 4.95. The molecule has 0 saturated heterocycles. The Morgan fingerprint density at radius 3 is 2.46 bits per heavy atom. The maximum absolute atomic E-state index is 13.7. The van der Waals surface area contributed by atoms with Crippen LogP contribution in [-0.4, -0.2) is 33.1 Å². The van der Waals surface area contributed by atoms with Gasteiger partial charge in [-0.2, -0.15) is 0 Å². The minimum absolute atomic E-state index is 0.0470. The maximum atomic E-state index is 13.7. The molecule has 0 aromatic heterocycles. The molecule has 0 spiro atoms. The van der Waals surface area contributed by atoms with Crippen molar-refractivity contribution in [2.24, 2.45) is 0 Å². The Balaban J connectivity index is 2.08. The van der Waals surface area contributed by atoms with E-state index in [-0.39, 0.29) is 12.1 Å². The van der Waals surface area contributed by atoms with E-state index in [2.05, 4.69) is 4.72 Å². The molecule has 0 aliphatic carbocycles. The Labute approximate surface area is 138 Å². The second-order valence-corrected chi connectivity index (χ2v) is 6.68. The van der Waals surface area contributed by atoms with E-state index in [0.29, 0.717) is 12.2 Å². The first-order valence-electron chi connectivity index (χ1n) is 6.99. The minimum atomic E-state index is -4.14. The summed E-state index contributed by atoms with van der Waals surface area (Å²) in [6.45, 7) is 0.0470. The van der Waals surface area contributed by atoms with E-state index in [9.17, 15) is 17.6 Å². The van der Waals surface area contributed by atoms with Crippen molar-refractivity contribution >= 4 is 16.0 Å². The molecule has 128 valence electrons. The Morgan fingerprint density at radius 1 is 1.21 bits per heavy atom. The van der Waals surface area contributed by atoms with Crippen LogP contribution in [0.4, 0.5) is 4.39 Å². The van der Waals surface area contributed by atoms with Gasteiger partial charge < -0.3 is 9.84 Å². The van der Waals surface area contributed by atoms with Crippen molar-refractivity contribution in [1.29, 1.82) is 0 Å². The molecule has 0 saturated carbocycles. The number of aromatic carboxylic acids is 1. The van der Waals surface area contributed by atoms with E-state index < -0.39 is 26.7 Å². The van der Waals surface area contributed by atoms with Crippen molar-refractivity contribution in [3.63, 3.8) is 0 Å². The molecule has 0 unspecified atom stereocenters. The van der Waals surface area contributed by atoms with E-state index in [1.54, 1.807) is 31.4 Å². The van der Waals surface area contributed by atoms with Gasteiger partial charge in [-0.3, -0.25) is 0 Å². The molecule has 2 aromatic rings. The molecule has 8 heteroatoms. The van der Waals surface area contributed by atoms with E-state index in [1.165, 1.54) is 0 Å². The first kappa shape index (κ1) is 17.9. The number of carbonyl (C=O) groups is 1. The molecular weight excluding hydrogens is 337 g/mol. The van der Waals surface area contributed by atoms with Crippen LogP contribution < -0.4 is 9.46 Å². The van der Waals surface area contributed by atoms with E-state index in [0.717, 1.165) is 23.8 Å². The topological polar surface area (TPSA) is 92.7 Å². The molecule has 2 rings (SSSR count). The third-order valence-corrected chi connectivity index (χ3v) is 4.81. The predicted octanol–water partition coefficient (Wildman–Crippen LogP) is 2.05. The number of ether oxygens (including phenoxy) is 1. The Morgan fingerprint density at radius 2 is 1.88 bits per heavy atom. The summed E-state index contributed by atoms with van der Waals surface area (Å²) in [5.74, 6) is -1.64. The first-order chi connectivity index (χ1) is 11.3. The van der Waals surface area contributed by atoms with Crippen LogP contribution in [0, 0.1) is 5.82 Å². The highest BCUT2D eigenvalue weighted by Crippen LogP contribution is 2.17. The van der Waals surface area contributed by atoms with Gasteiger partial charge in [-0.25, -0.2) is 22.3 Å². The van der Waals surface area contributed by atoms with Gasteiger partial charge in [0.1, 0.15) is 16.5 Å². The largest absolute Gasteiger partial charge is 0.497 e. The molecular formula is C16H16FNO5S. The smallest absolute Gasteiger partial charge is 0.335 e. The lowest BCUT2D eigenvalue weighted by atomic mass is 10.1.